The molecule has 0 radical (unpaired) electrons. The maximum absolute atomic E-state index is 13.5. The predicted molar refractivity (Wildman–Crippen MR) is 142 cm³/mol. The van der Waals surface area contributed by atoms with Crippen molar-refractivity contribution in [3.63, 3.8) is 0 Å². The van der Waals surface area contributed by atoms with Crippen LogP contribution in [0.4, 0.5) is 0 Å². The zero-order valence-corrected chi connectivity index (χ0v) is 22.4. The number of piperidine rings is 1. The zero-order valence-electron chi connectivity index (χ0n) is 20.1. The Morgan fingerprint density at radius 3 is 2.59 bits per heavy atom. The van der Waals surface area contributed by atoms with Crippen molar-refractivity contribution in [1.29, 1.82) is 0 Å². The van der Waals surface area contributed by atoms with E-state index in [-0.39, 0.29) is 11.4 Å². The number of likely N-dealkylation sites (tertiary alicyclic amines) is 1. The molecule has 0 saturated carbocycles. The van der Waals surface area contributed by atoms with Crippen molar-refractivity contribution < 1.29 is 23.1 Å². The van der Waals surface area contributed by atoms with Crippen LogP contribution in [0.15, 0.2) is 59.8 Å². The van der Waals surface area contributed by atoms with Gasteiger partial charge in [-0.3, -0.25) is 14.6 Å². The number of aliphatic hydroxyl groups excluding tert-OH is 1. The lowest BCUT2D eigenvalue weighted by molar-refractivity contribution is -0.134. The van der Waals surface area contributed by atoms with E-state index in [1.165, 1.54) is 11.0 Å². The molecule has 1 aliphatic rings. The number of sulfonamides is 1. The van der Waals surface area contributed by atoms with Gasteiger partial charge in [0.15, 0.2) is 0 Å². The van der Waals surface area contributed by atoms with E-state index < -0.39 is 34.0 Å². The fourth-order valence-electron chi connectivity index (χ4n) is 4.20. The Labute approximate surface area is 224 Å². The summed E-state index contributed by atoms with van der Waals surface area (Å²) in [6.07, 6.45) is 3.58. The van der Waals surface area contributed by atoms with Crippen LogP contribution in [0.2, 0.25) is 4.34 Å². The number of aliphatic hydroxyl groups is 1. The fourth-order valence-corrected chi connectivity index (χ4v) is 6.61. The molecule has 1 aliphatic heterocycles. The molecule has 2 aromatic heterocycles. The van der Waals surface area contributed by atoms with E-state index >= 15 is 0 Å². The molecule has 1 atom stereocenters. The molecule has 0 unspecified atom stereocenters. The summed E-state index contributed by atoms with van der Waals surface area (Å²) in [5, 5.41) is 12.5. The highest BCUT2D eigenvalue weighted by Crippen LogP contribution is 2.28. The van der Waals surface area contributed by atoms with Gasteiger partial charge >= 0.3 is 0 Å². The van der Waals surface area contributed by atoms with Crippen LogP contribution in [0.1, 0.15) is 28.1 Å². The molecule has 3 aromatic rings. The summed E-state index contributed by atoms with van der Waals surface area (Å²) in [5.74, 6) is -0.932. The summed E-state index contributed by atoms with van der Waals surface area (Å²) >= 11 is 7.00. The lowest BCUT2D eigenvalue weighted by Crippen LogP contribution is -2.55. The van der Waals surface area contributed by atoms with Crippen molar-refractivity contribution in [2.45, 2.75) is 36.8 Å². The van der Waals surface area contributed by atoms with Gasteiger partial charge in [0.05, 0.1) is 20.2 Å². The topological polar surface area (TPSA) is 129 Å². The normalized spacial score (nSPS) is 15.4. The Kier molecular flexibility index (Phi) is 8.60. The van der Waals surface area contributed by atoms with Gasteiger partial charge in [0, 0.05) is 37.6 Å². The largest absolute Gasteiger partial charge is 0.393 e. The number of hydrogen-bond acceptors (Lipinski definition) is 7. The first-order valence-electron chi connectivity index (χ1n) is 11.7. The molecule has 3 heterocycles. The number of rotatable bonds is 8. The Bertz CT molecular complexity index is 1370. The fraction of sp³-hybridized carbons (Fsp3) is 0.320. The molecular formula is C25H27ClN4O5S2. The van der Waals surface area contributed by atoms with Crippen molar-refractivity contribution in [2.75, 3.05) is 19.6 Å². The van der Waals surface area contributed by atoms with E-state index in [0.29, 0.717) is 46.3 Å². The second kappa shape index (κ2) is 11.7. The predicted octanol–water partition coefficient (Wildman–Crippen LogP) is 2.83. The molecule has 0 aliphatic carbocycles. The average Bonchev–Trinajstić information content (AvgIpc) is 3.33. The summed E-state index contributed by atoms with van der Waals surface area (Å²) in [7, 11) is -4.16. The highest BCUT2D eigenvalue weighted by Gasteiger charge is 2.32. The van der Waals surface area contributed by atoms with Gasteiger partial charge in [0.2, 0.25) is 15.9 Å². The first-order chi connectivity index (χ1) is 17.7. The SMILES string of the molecule is Cc1c(-c2cccnc2)cccc1S(=O)(=O)N[C@@H](CNC(=O)c1ccc(Cl)s1)C(=O)N1CCC(O)CC1. The smallest absolute Gasteiger partial charge is 0.261 e. The Morgan fingerprint density at radius 1 is 1.19 bits per heavy atom. The summed E-state index contributed by atoms with van der Waals surface area (Å²) < 4.78 is 30.0. The lowest BCUT2D eigenvalue weighted by atomic mass is 10.0. The van der Waals surface area contributed by atoms with E-state index in [0.717, 1.165) is 16.9 Å². The Balaban J connectivity index is 1.59. The van der Waals surface area contributed by atoms with E-state index in [9.17, 15) is 23.1 Å². The van der Waals surface area contributed by atoms with Gasteiger partial charge in [-0.15, -0.1) is 11.3 Å². The summed E-state index contributed by atoms with van der Waals surface area (Å²) in [5.41, 5.74) is 1.97. The number of benzene rings is 1. The first kappa shape index (κ1) is 27.2. The van der Waals surface area contributed by atoms with E-state index in [2.05, 4.69) is 15.0 Å². The molecule has 12 heteroatoms. The van der Waals surface area contributed by atoms with Crippen molar-refractivity contribution in [2.24, 2.45) is 0 Å². The van der Waals surface area contributed by atoms with E-state index in [1.807, 2.05) is 6.07 Å². The number of nitrogens with one attached hydrogen (secondary N) is 2. The monoisotopic (exact) mass is 562 g/mol. The second-order valence-electron chi connectivity index (χ2n) is 8.71. The average molecular weight is 563 g/mol. The summed E-state index contributed by atoms with van der Waals surface area (Å²) in [6.45, 7) is 2.03. The number of aromatic nitrogens is 1. The van der Waals surface area contributed by atoms with Gasteiger partial charge in [0.25, 0.3) is 5.91 Å². The van der Waals surface area contributed by atoms with Gasteiger partial charge in [0.1, 0.15) is 6.04 Å². The zero-order chi connectivity index (χ0) is 26.6. The van der Waals surface area contributed by atoms with Crippen LogP contribution < -0.4 is 10.0 Å². The third kappa shape index (κ3) is 6.55. The number of halogens is 1. The molecule has 4 rings (SSSR count). The van der Waals surface area contributed by atoms with Crippen molar-refractivity contribution in [3.8, 4) is 11.1 Å². The second-order valence-corrected chi connectivity index (χ2v) is 12.1. The van der Waals surface area contributed by atoms with Crippen molar-refractivity contribution in [3.05, 3.63) is 69.6 Å². The minimum absolute atomic E-state index is 0.0251. The van der Waals surface area contributed by atoms with E-state index in [1.54, 1.807) is 49.6 Å². The number of nitrogens with zero attached hydrogens (tertiary/aromatic N) is 2. The number of pyridine rings is 1. The van der Waals surface area contributed by atoms with Crippen LogP contribution in [0.25, 0.3) is 11.1 Å². The highest BCUT2D eigenvalue weighted by atomic mass is 35.5. The minimum Gasteiger partial charge on any atom is -0.393 e. The number of carbonyl (C=O) groups excluding carboxylic acids is 2. The van der Waals surface area contributed by atoms with Crippen LogP contribution >= 0.6 is 22.9 Å². The highest BCUT2D eigenvalue weighted by molar-refractivity contribution is 7.89. The summed E-state index contributed by atoms with van der Waals surface area (Å²) in [4.78, 5) is 32.0. The number of carbonyl (C=O) groups is 2. The third-order valence-electron chi connectivity index (χ3n) is 6.18. The van der Waals surface area contributed by atoms with Gasteiger partial charge in [-0.25, -0.2) is 8.42 Å². The number of amides is 2. The molecule has 37 heavy (non-hydrogen) atoms. The first-order valence-corrected chi connectivity index (χ1v) is 14.4. The molecule has 196 valence electrons. The van der Waals surface area contributed by atoms with Crippen molar-refractivity contribution >= 4 is 44.8 Å². The van der Waals surface area contributed by atoms with Crippen LogP contribution in [0, 0.1) is 6.92 Å². The minimum atomic E-state index is -4.16. The molecule has 1 aromatic carbocycles. The van der Waals surface area contributed by atoms with Gasteiger partial charge in [-0.2, -0.15) is 4.72 Å². The van der Waals surface area contributed by atoms with E-state index in [4.69, 9.17) is 11.6 Å². The third-order valence-corrected chi connectivity index (χ3v) is 9.03. The Morgan fingerprint density at radius 2 is 1.95 bits per heavy atom. The quantitative estimate of drug-likeness (QED) is 0.387. The number of hydrogen-bond donors (Lipinski definition) is 3. The van der Waals surface area contributed by atoms with Gasteiger partial charge < -0.3 is 15.3 Å². The molecule has 9 nitrogen and oxygen atoms in total. The molecular weight excluding hydrogens is 536 g/mol. The summed E-state index contributed by atoms with van der Waals surface area (Å²) in [6, 6.07) is 10.4. The van der Waals surface area contributed by atoms with Crippen LogP contribution in [0.3, 0.4) is 0 Å². The maximum atomic E-state index is 13.5. The molecule has 1 saturated heterocycles. The van der Waals surface area contributed by atoms with Gasteiger partial charge in [-0.05, 0) is 55.2 Å². The molecule has 3 N–H and O–H groups in total. The molecule has 1 fully saturated rings. The number of thiophene rings is 1. The molecule has 0 bridgehead atoms. The van der Waals surface area contributed by atoms with Crippen LogP contribution in [0.5, 0.6) is 0 Å². The lowest BCUT2D eigenvalue weighted by Gasteiger charge is -2.32. The standard InChI is InChI=1S/C25H27ClN4O5S2/c1-16-19(17-4-3-11-27-14-17)5-2-6-22(16)37(34,35)29-20(25(33)30-12-9-18(31)10-13-30)15-28-24(32)21-7-8-23(26)36-21/h2-8,11,14,18,20,29,31H,9-10,12-13,15H2,1H3,(H,28,32)/t20-/m0/s1. The van der Waals surface area contributed by atoms with Crippen LogP contribution in [-0.2, 0) is 14.8 Å². The maximum Gasteiger partial charge on any atom is 0.261 e. The van der Waals surface area contributed by atoms with Crippen molar-refractivity contribution in [1.82, 2.24) is 19.9 Å². The van der Waals surface area contributed by atoms with Crippen LogP contribution in [-0.4, -0.2) is 67.0 Å². The molecule has 0 spiro atoms. The van der Waals surface area contributed by atoms with Gasteiger partial charge in [-0.1, -0.05) is 29.8 Å². The Hall–Kier alpha value is -2.83. The molecule has 2 amide bonds.